The van der Waals surface area contributed by atoms with Crippen LogP contribution in [0.2, 0.25) is 0 Å². The number of hydrogen-bond acceptors (Lipinski definition) is 5. The molecule has 11 heteroatoms. The second kappa shape index (κ2) is 9.14. The Balaban J connectivity index is 2.00. The molecule has 8 nitrogen and oxygen atoms in total. The molecule has 0 atom stereocenters. The minimum Gasteiger partial charge on any atom is -0.454 e. The van der Waals surface area contributed by atoms with E-state index in [1.54, 1.807) is 24.0 Å². The number of nitrogens with one attached hydrogen (secondary N) is 1. The molecule has 0 fully saturated rings. The molecule has 0 radical (unpaired) electrons. The summed E-state index contributed by atoms with van der Waals surface area (Å²) in [7, 11) is -2.00. The maximum Gasteiger partial charge on any atom is 0.261 e. The van der Waals surface area contributed by atoms with Crippen LogP contribution in [0.4, 0.5) is 14.5 Å². The second-order valence-electron chi connectivity index (χ2n) is 8.30. The van der Waals surface area contributed by atoms with E-state index in [1.165, 1.54) is 29.8 Å². The molecule has 2 aromatic heterocycles. The van der Waals surface area contributed by atoms with Crippen molar-refractivity contribution in [1.29, 1.82) is 0 Å². The van der Waals surface area contributed by atoms with E-state index < -0.39 is 21.7 Å². The van der Waals surface area contributed by atoms with Crippen LogP contribution in [0.25, 0.3) is 22.0 Å². The van der Waals surface area contributed by atoms with Crippen LogP contribution >= 0.6 is 0 Å². The molecule has 35 heavy (non-hydrogen) atoms. The fourth-order valence-electron chi connectivity index (χ4n) is 3.70. The van der Waals surface area contributed by atoms with Crippen molar-refractivity contribution >= 4 is 26.6 Å². The molecular weight excluding hydrogens is 478 g/mol. The Kier molecular flexibility index (Phi) is 6.37. The molecule has 0 amide bonds. The number of pyridine rings is 1. The number of benzene rings is 2. The number of halogens is 2. The Morgan fingerprint density at radius 1 is 1.09 bits per heavy atom. The Bertz CT molecular complexity index is 1590. The number of aryl methyl sites for hydroxylation is 1. The van der Waals surface area contributed by atoms with Crippen molar-refractivity contribution in [2.24, 2.45) is 7.05 Å². The summed E-state index contributed by atoms with van der Waals surface area (Å²) >= 11 is 0. The Morgan fingerprint density at radius 3 is 2.46 bits per heavy atom. The van der Waals surface area contributed by atoms with Gasteiger partial charge in [-0.15, -0.1) is 0 Å². The highest BCUT2D eigenvalue weighted by atomic mass is 32.2. The molecule has 0 aliphatic carbocycles. The smallest absolute Gasteiger partial charge is 0.261 e. The third-order valence-electron chi connectivity index (χ3n) is 5.45. The van der Waals surface area contributed by atoms with Crippen LogP contribution in [0, 0.1) is 11.6 Å². The van der Waals surface area contributed by atoms with Gasteiger partial charge in [-0.05, 0) is 51.1 Å². The molecule has 0 unspecified atom stereocenters. The van der Waals surface area contributed by atoms with Crippen LogP contribution in [0.15, 0.2) is 53.6 Å². The van der Waals surface area contributed by atoms with E-state index >= 15 is 0 Å². The molecule has 0 bridgehead atoms. The summed E-state index contributed by atoms with van der Waals surface area (Å²) in [6.45, 7) is 5.32. The Hall–Kier alpha value is -3.73. The highest BCUT2D eigenvalue weighted by Gasteiger charge is 2.21. The maximum atomic E-state index is 14.4. The first-order valence-electron chi connectivity index (χ1n) is 10.9. The van der Waals surface area contributed by atoms with Crippen LogP contribution in [0.5, 0.6) is 11.5 Å². The lowest BCUT2D eigenvalue weighted by Crippen LogP contribution is -2.17. The third-order valence-corrected chi connectivity index (χ3v) is 6.76. The summed E-state index contributed by atoms with van der Waals surface area (Å²) < 4.78 is 63.6. The number of hydrogen-bond donors (Lipinski definition) is 1. The van der Waals surface area contributed by atoms with Gasteiger partial charge in [-0.1, -0.05) is 0 Å². The summed E-state index contributed by atoms with van der Waals surface area (Å²) in [6, 6.07) is 7.35. The molecule has 1 N–H and O–H groups in total. The predicted octanol–water partition coefficient (Wildman–Crippen LogP) is 4.82. The molecule has 184 valence electrons. The van der Waals surface area contributed by atoms with Gasteiger partial charge in [0.25, 0.3) is 5.56 Å². The summed E-state index contributed by atoms with van der Waals surface area (Å²) in [5.41, 5.74) is 1.41. The van der Waals surface area contributed by atoms with Crippen LogP contribution in [0.1, 0.15) is 26.8 Å². The zero-order valence-electron chi connectivity index (χ0n) is 19.5. The van der Waals surface area contributed by atoms with Gasteiger partial charge in [0, 0.05) is 42.2 Å². The molecule has 2 heterocycles. The third kappa shape index (κ3) is 4.76. The van der Waals surface area contributed by atoms with Crippen LogP contribution in [-0.2, 0) is 17.1 Å². The quantitative estimate of drug-likeness (QED) is 0.391. The van der Waals surface area contributed by atoms with Gasteiger partial charge in [0.15, 0.2) is 11.6 Å². The summed E-state index contributed by atoms with van der Waals surface area (Å²) in [6.07, 6.45) is 3.07. The fourth-order valence-corrected chi connectivity index (χ4v) is 4.33. The molecular formula is C24H24F2N4O4S. The number of sulfonamides is 1. The molecule has 2 aromatic carbocycles. The molecule has 0 saturated heterocycles. The van der Waals surface area contributed by atoms with Crippen molar-refractivity contribution in [1.82, 2.24) is 14.3 Å². The number of fused-ring (bicyclic) bond motifs is 1. The first kappa shape index (κ1) is 24.4. The van der Waals surface area contributed by atoms with Gasteiger partial charge in [0.05, 0.1) is 22.9 Å². The number of aromatic nitrogens is 3. The van der Waals surface area contributed by atoms with E-state index in [4.69, 9.17) is 4.74 Å². The lowest BCUT2D eigenvalue weighted by atomic mass is 10.0. The summed E-state index contributed by atoms with van der Waals surface area (Å²) in [5, 5.41) is 4.72. The fraction of sp³-hybridized carbons (Fsp3) is 0.250. The van der Waals surface area contributed by atoms with Gasteiger partial charge in [-0.25, -0.2) is 17.2 Å². The molecule has 0 aliphatic heterocycles. The zero-order chi connectivity index (χ0) is 25.5. The van der Waals surface area contributed by atoms with Crippen molar-refractivity contribution in [3.63, 3.8) is 0 Å². The van der Waals surface area contributed by atoms with E-state index in [2.05, 4.69) is 9.82 Å². The Labute approximate surface area is 200 Å². The SMILES string of the molecule is CCS(=O)(=O)Nc1ccc(Oc2ccc(F)cc2F)c(-c2cn(C)c(=O)c3cnn(C(C)C)c23)c1. The van der Waals surface area contributed by atoms with Gasteiger partial charge >= 0.3 is 0 Å². The van der Waals surface area contributed by atoms with E-state index in [0.717, 1.165) is 12.1 Å². The van der Waals surface area contributed by atoms with Crippen molar-refractivity contribution in [3.05, 3.63) is 70.8 Å². The summed E-state index contributed by atoms with van der Waals surface area (Å²) in [4.78, 5) is 12.8. The monoisotopic (exact) mass is 502 g/mol. The zero-order valence-corrected chi connectivity index (χ0v) is 20.4. The molecule has 0 spiro atoms. The standard InChI is InChI=1S/C24H24F2N4O4S/c1-5-35(32,33)28-16-7-9-21(34-22-8-6-15(25)10-20(22)26)17(11-16)19-13-29(4)24(31)18-12-27-30(14(2)3)23(18)19/h6-14,28H,5H2,1-4H3. The molecule has 4 aromatic rings. The molecule has 4 rings (SSSR count). The van der Waals surface area contributed by atoms with Gasteiger partial charge in [-0.2, -0.15) is 5.10 Å². The van der Waals surface area contributed by atoms with Crippen molar-refractivity contribution < 1.29 is 21.9 Å². The lowest BCUT2D eigenvalue weighted by Gasteiger charge is -2.17. The first-order chi connectivity index (χ1) is 16.5. The van der Waals surface area contributed by atoms with Gasteiger partial charge in [0.2, 0.25) is 10.0 Å². The summed E-state index contributed by atoms with van der Waals surface area (Å²) in [5.74, 6) is -1.82. The highest BCUT2D eigenvalue weighted by molar-refractivity contribution is 7.92. The topological polar surface area (TPSA) is 95.2 Å². The van der Waals surface area contributed by atoms with E-state index in [9.17, 15) is 22.0 Å². The normalized spacial score (nSPS) is 11.9. The average Bonchev–Trinajstić information content (AvgIpc) is 3.25. The molecule has 0 aliphatic rings. The lowest BCUT2D eigenvalue weighted by molar-refractivity contribution is 0.439. The average molecular weight is 503 g/mol. The molecule has 0 saturated carbocycles. The van der Waals surface area contributed by atoms with E-state index in [0.29, 0.717) is 28.1 Å². The van der Waals surface area contributed by atoms with Crippen molar-refractivity contribution in [3.8, 4) is 22.6 Å². The van der Waals surface area contributed by atoms with Gasteiger partial charge < -0.3 is 9.30 Å². The van der Waals surface area contributed by atoms with E-state index in [-0.39, 0.29) is 34.5 Å². The maximum absolute atomic E-state index is 14.4. The largest absolute Gasteiger partial charge is 0.454 e. The highest BCUT2D eigenvalue weighted by Crippen LogP contribution is 2.39. The Morgan fingerprint density at radius 2 is 1.80 bits per heavy atom. The minimum absolute atomic E-state index is 0.0981. The number of nitrogens with zero attached hydrogens (tertiary/aromatic N) is 3. The number of ether oxygens (including phenoxy) is 1. The minimum atomic E-state index is -3.59. The van der Waals surface area contributed by atoms with Gasteiger partial charge in [0.1, 0.15) is 11.6 Å². The van der Waals surface area contributed by atoms with E-state index in [1.807, 2.05) is 13.8 Å². The van der Waals surface area contributed by atoms with Crippen LogP contribution in [0.3, 0.4) is 0 Å². The number of anilines is 1. The van der Waals surface area contributed by atoms with Crippen molar-refractivity contribution in [2.75, 3.05) is 10.5 Å². The van der Waals surface area contributed by atoms with Crippen LogP contribution < -0.4 is 15.0 Å². The van der Waals surface area contributed by atoms with Crippen molar-refractivity contribution in [2.45, 2.75) is 26.8 Å². The number of rotatable bonds is 7. The first-order valence-corrected chi connectivity index (χ1v) is 12.5. The van der Waals surface area contributed by atoms with Crippen LogP contribution in [-0.4, -0.2) is 28.5 Å². The predicted molar refractivity (Wildman–Crippen MR) is 130 cm³/mol. The van der Waals surface area contributed by atoms with Gasteiger partial charge in [-0.3, -0.25) is 14.2 Å². The second-order valence-corrected chi connectivity index (χ2v) is 10.3.